The van der Waals surface area contributed by atoms with Crippen molar-refractivity contribution in [1.29, 1.82) is 0 Å². The Morgan fingerprint density at radius 1 is 1.29 bits per heavy atom. The van der Waals surface area contributed by atoms with Crippen LogP contribution in [0.4, 0.5) is 0 Å². The zero-order chi connectivity index (χ0) is 9.26. The summed E-state index contributed by atoms with van der Waals surface area (Å²) in [6, 6.07) is 9.13. The number of hydrogen-bond donors (Lipinski definition) is 1. The van der Waals surface area contributed by atoms with Crippen molar-refractivity contribution in [2.45, 2.75) is 6.54 Å². The van der Waals surface area contributed by atoms with Gasteiger partial charge in [0.25, 0.3) is 0 Å². The molecule has 0 aliphatic rings. The molecule has 2 aromatic rings. The van der Waals surface area contributed by atoms with Crippen LogP contribution in [0.15, 0.2) is 39.5 Å². The SMILES string of the molecule is NCc1cc2ccccc2oc1=O.[Pb]. The third kappa shape index (κ3) is 2.04. The summed E-state index contributed by atoms with van der Waals surface area (Å²) in [7, 11) is 0. The maximum Gasteiger partial charge on any atom is 0.340 e. The molecule has 0 amide bonds. The summed E-state index contributed by atoms with van der Waals surface area (Å²) in [5, 5.41) is 0.905. The second-order valence-corrected chi connectivity index (χ2v) is 2.80. The smallest absolute Gasteiger partial charge is 0.340 e. The number of fused-ring (bicyclic) bond motifs is 1. The summed E-state index contributed by atoms with van der Waals surface area (Å²) < 4.78 is 5.05. The Balaban J connectivity index is 0.000000980. The van der Waals surface area contributed by atoms with Gasteiger partial charge in [-0.25, -0.2) is 4.79 Å². The van der Waals surface area contributed by atoms with Crippen LogP contribution in [0.3, 0.4) is 0 Å². The van der Waals surface area contributed by atoms with Crippen molar-refractivity contribution in [3.8, 4) is 0 Å². The Morgan fingerprint density at radius 3 is 2.71 bits per heavy atom. The predicted molar refractivity (Wildman–Crippen MR) is 56.1 cm³/mol. The number of hydrogen-bond acceptors (Lipinski definition) is 3. The summed E-state index contributed by atoms with van der Waals surface area (Å²) in [5.41, 5.74) is 6.15. The van der Waals surface area contributed by atoms with E-state index in [2.05, 4.69) is 0 Å². The molecular formula is C10H9NO2Pb. The Kier molecular flexibility index (Phi) is 3.82. The van der Waals surface area contributed by atoms with Gasteiger partial charge in [-0.15, -0.1) is 0 Å². The van der Waals surface area contributed by atoms with E-state index in [0.29, 0.717) is 11.1 Å². The normalized spacial score (nSPS) is 9.79. The molecule has 70 valence electrons. The molecule has 0 atom stereocenters. The first-order chi connectivity index (χ1) is 6.31. The molecule has 14 heavy (non-hydrogen) atoms. The molecule has 0 saturated heterocycles. The second-order valence-electron chi connectivity index (χ2n) is 2.80. The van der Waals surface area contributed by atoms with Crippen LogP contribution in [0.25, 0.3) is 11.0 Å². The molecule has 2 N–H and O–H groups in total. The molecule has 0 unspecified atom stereocenters. The van der Waals surface area contributed by atoms with Crippen LogP contribution in [0.5, 0.6) is 0 Å². The van der Waals surface area contributed by atoms with Gasteiger partial charge in [-0.2, -0.15) is 0 Å². The molecule has 0 aliphatic heterocycles. The topological polar surface area (TPSA) is 56.2 Å². The van der Waals surface area contributed by atoms with Gasteiger partial charge >= 0.3 is 5.63 Å². The van der Waals surface area contributed by atoms with Crippen molar-refractivity contribution in [2.75, 3.05) is 0 Å². The van der Waals surface area contributed by atoms with Crippen LogP contribution >= 0.6 is 0 Å². The number of para-hydroxylation sites is 1. The van der Waals surface area contributed by atoms with E-state index in [1.807, 2.05) is 18.2 Å². The molecule has 0 spiro atoms. The van der Waals surface area contributed by atoms with Crippen LogP contribution in [0.2, 0.25) is 0 Å². The summed E-state index contributed by atoms with van der Waals surface area (Å²) in [6.45, 7) is 0.215. The fourth-order valence-electron chi connectivity index (χ4n) is 1.25. The minimum Gasteiger partial charge on any atom is -0.422 e. The van der Waals surface area contributed by atoms with E-state index >= 15 is 0 Å². The van der Waals surface area contributed by atoms with E-state index in [9.17, 15) is 4.79 Å². The third-order valence-electron chi connectivity index (χ3n) is 1.93. The van der Waals surface area contributed by atoms with E-state index in [1.165, 1.54) is 0 Å². The van der Waals surface area contributed by atoms with Gasteiger partial charge < -0.3 is 10.2 Å². The van der Waals surface area contributed by atoms with Crippen LogP contribution in [-0.2, 0) is 6.54 Å². The monoisotopic (exact) mass is 383 g/mol. The van der Waals surface area contributed by atoms with Gasteiger partial charge in [0.15, 0.2) is 0 Å². The minimum atomic E-state index is -0.346. The number of benzene rings is 1. The van der Waals surface area contributed by atoms with Crippen LogP contribution in [-0.4, -0.2) is 27.3 Å². The molecule has 0 saturated carbocycles. The Hall–Kier alpha value is -0.688. The molecule has 4 radical (unpaired) electrons. The van der Waals surface area contributed by atoms with Gasteiger partial charge in [0.1, 0.15) is 5.58 Å². The average molecular weight is 382 g/mol. The van der Waals surface area contributed by atoms with Crippen LogP contribution in [0, 0.1) is 0 Å². The molecule has 1 heterocycles. The van der Waals surface area contributed by atoms with Crippen molar-refractivity contribution in [3.05, 3.63) is 46.3 Å². The fraction of sp³-hybridized carbons (Fsp3) is 0.100. The Labute approximate surface area is 101 Å². The zero-order valence-corrected chi connectivity index (χ0v) is 11.4. The van der Waals surface area contributed by atoms with E-state index in [4.69, 9.17) is 10.2 Å². The molecule has 3 nitrogen and oxygen atoms in total. The standard InChI is InChI=1S/C10H9NO2.Pb/c11-6-8-5-7-3-1-2-4-9(7)13-10(8)12;/h1-5H,6,11H2;. The minimum absolute atomic E-state index is 0. The zero-order valence-electron chi connectivity index (χ0n) is 7.49. The quantitative estimate of drug-likeness (QED) is 0.588. The van der Waals surface area contributed by atoms with E-state index in [1.54, 1.807) is 12.1 Å². The van der Waals surface area contributed by atoms with Gasteiger partial charge in [-0.3, -0.25) is 0 Å². The maximum atomic E-state index is 11.2. The second kappa shape index (κ2) is 4.70. The molecule has 2 rings (SSSR count). The Bertz CT molecular complexity index is 493. The Morgan fingerprint density at radius 2 is 2.00 bits per heavy atom. The van der Waals surface area contributed by atoms with Gasteiger partial charge in [0.05, 0.1) is 5.56 Å². The van der Waals surface area contributed by atoms with Crippen molar-refractivity contribution >= 4 is 38.3 Å². The molecule has 0 fully saturated rings. The van der Waals surface area contributed by atoms with Crippen molar-refractivity contribution in [1.82, 2.24) is 0 Å². The average Bonchev–Trinajstić information content (AvgIpc) is 2.17. The van der Waals surface area contributed by atoms with Crippen molar-refractivity contribution < 1.29 is 4.42 Å². The van der Waals surface area contributed by atoms with Crippen LogP contribution in [0.1, 0.15) is 5.56 Å². The molecule has 1 aromatic carbocycles. The number of rotatable bonds is 1. The summed E-state index contributed by atoms with van der Waals surface area (Å²) in [4.78, 5) is 11.2. The number of nitrogens with two attached hydrogens (primary N) is 1. The van der Waals surface area contributed by atoms with Gasteiger partial charge in [-0.1, -0.05) is 18.2 Å². The summed E-state index contributed by atoms with van der Waals surface area (Å²) in [6.07, 6.45) is 0. The molecule has 0 bridgehead atoms. The third-order valence-corrected chi connectivity index (χ3v) is 1.93. The first kappa shape index (κ1) is 11.4. The van der Waals surface area contributed by atoms with Crippen molar-refractivity contribution in [3.63, 3.8) is 0 Å². The van der Waals surface area contributed by atoms with Crippen LogP contribution < -0.4 is 11.4 Å². The van der Waals surface area contributed by atoms with Gasteiger partial charge in [0.2, 0.25) is 0 Å². The van der Waals surface area contributed by atoms with Crippen molar-refractivity contribution in [2.24, 2.45) is 5.73 Å². The molecular weight excluding hydrogens is 373 g/mol. The molecule has 1 aromatic heterocycles. The predicted octanol–water partition coefficient (Wildman–Crippen LogP) is 0.871. The maximum absolute atomic E-state index is 11.2. The van der Waals surface area contributed by atoms with E-state index in [0.717, 1.165) is 5.39 Å². The summed E-state index contributed by atoms with van der Waals surface area (Å²) in [5.74, 6) is 0. The van der Waals surface area contributed by atoms with Gasteiger partial charge in [0, 0.05) is 39.2 Å². The van der Waals surface area contributed by atoms with Gasteiger partial charge in [-0.05, 0) is 12.1 Å². The van der Waals surface area contributed by atoms with E-state index in [-0.39, 0.29) is 39.5 Å². The first-order valence-electron chi connectivity index (χ1n) is 4.03. The molecule has 0 aliphatic carbocycles. The van der Waals surface area contributed by atoms with E-state index < -0.39 is 0 Å². The first-order valence-corrected chi connectivity index (χ1v) is 4.03. The molecule has 4 heteroatoms. The summed E-state index contributed by atoms with van der Waals surface area (Å²) >= 11 is 0. The largest absolute Gasteiger partial charge is 0.422 e. The fourth-order valence-corrected chi connectivity index (χ4v) is 1.25.